The first-order valence-electron chi connectivity index (χ1n) is 10.4. The van der Waals surface area contributed by atoms with Crippen molar-refractivity contribution in [3.05, 3.63) is 83.6 Å². The van der Waals surface area contributed by atoms with Gasteiger partial charge >= 0.3 is 0 Å². The van der Waals surface area contributed by atoms with Crippen molar-refractivity contribution >= 4 is 16.7 Å². The van der Waals surface area contributed by atoms with E-state index in [1.807, 2.05) is 23.8 Å². The van der Waals surface area contributed by atoms with E-state index in [1.165, 1.54) is 18.2 Å². The second kappa shape index (κ2) is 8.52. The number of hydrogen-bond acceptors (Lipinski definition) is 2. The monoisotopic (exact) mass is 408 g/mol. The zero-order chi connectivity index (χ0) is 21.3. The number of fused-ring (bicyclic) bond motifs is 1. The fraction of sp³-hybridized carbons (Fsp3) is 0.320. The summed E-state index contributed by atoms with van der Waals surface area (Å²) in [6.07, 6.45) is 7.29. The van der Waals surface area contributed by atoms with Gasteiger partial charge in [-0.3, -0.25) is 9.69 Å². The summed E-state index contributed by atoms with van der Waals surface area (Å²) in [5.41, 5.74) is 2.36. The molecule has 0 saturated carbocycles. The largest absolute Gasteiger partial charge is 0.350 e. The molecule has 0 N–H and O–H groups in total. The van der Waals surface area contributed by atoms with Crippen molar-refractivity contribution in [3.63, 3.8) is 0 Å². The van der Waals surface area contributed by atoms with Crippen LogP contribution in [0.1, 0.15) is 41.7 Å². The Bertz CT molecular complexity index is 1090. The van der Waals surface area contributed by atoms with Crippen molar-refractivity contribution in [1.82, 2.24) is 9.47 Å². The zero-order valence-corrected chi connectivity index (χ0v) is 17.3. The van der Waals surface area contributed by atoms with Crippen LogP contribution in [-0.2, 0) is 7.05 Å². The lowest BCUT2D eigenvalue weighted by atomic mass is 9.93. The van der Waals surface area contributed by atoms with Crippen LogP contribution in [0.25, 0.3) is 10.9 Å². The van der Waals surface area contributed by atoms with Crippen LogP contribution < -0.4 is 0 Å². The Kier molecular flexibility index (Phi) is 5.82. The second-order valence-electron chi connectivity index (χ2n) is 8.14. The number of likely N-dealkylation sites (tertiary alicyclic amines) is 1. The number of piperidine rings is 1. The average Bonchev–Trinajstić information content (AvgIpc) is 3.07. The molecule has 5 heteroatoms. The molecule has 3 nitrogen and oxygen atoms in total. The molecule has 0 amide bonds. The van der Waals surface area contributed by atoms with Crippen molar-refractivity contribution in [2.45, 2.75) is 25.8 Å². The number of allylic oxidation sites excluding steroid dienone is 2. The van der Waals surface area contributed by atoms with Gasteiger partial charge in [-0.15, -0.1) is 0 Å². The van der Waals surface area contributed by atoms with Crippen molar-refractivity contribution in [2.24, 2.45) is 13.0 Å². The smallest absolute Gasteiger partial charge is 0.187 e. The van der Waals surface area contributed by atoms with Gasteiger partial charge in [-0.2, -0.15) is 0 Å². The predicted molar refractivity (Wildman–Crippen MR) is 115 cm³/mol. The quantitative estimate of drug-likeness (QED) is 0.402. The Morgan fingerprint density at radius 1 is 1.10 bits per heavy atom. The molecule has 1 aliphatic heterocycles. The number of carbonyl (C=O) groups excluding carboxylic acids is 1. The van der Waals surface area contributed by atoms with Crippen LogP contribution in [0.4, 0.5) is 8.78 Å². The molecule has 0 radical (unpaired) electrons. The van der Waals surface area contributed by atoms with Crippen LogP contribution in [0.5, 0.6) is 0 Å². The molecular weight excluding hydrogens is 382 g/mol. The number of ketones is 1. The third-order valence-corrected chi connectivity index (χ3v) is 6.19. The number of rotatable bonds is 5. The number of hydrogen-bond donors (Lipinski definition) is 0. The third-order valence-electron chi connectivity index (χ3n) is 6.19. The van der Waals surface area contributed by atoms with E-state index in [4.69, 9.17) is 0 Å². The minimum absolute atomic E-state index is 0.0956. The number of benzene rings is 2. The van der Waals surface area contributed by atoms with Crippen LogP contribution in [0.2, 0.25) is 0 Å². The summed E-state index contributed by atoms with van der Waals surface area (Å²) in [6, 6.07) is 11.5. The van der Waals surface area contributed by atoms with Gasteiger partial charge in [0.1, 0.15) is 11.6 Å². The van der Waals surface area contributed by atoms with Crippen LogP contribution in [0.3, 0.4) is 0 Å². The molecule has 1 atom stereocenters. The fourth-order valence-corrected chi connectivity index (χ4v) is 4.35. The maximum absolute atomic E-state index is 13.6. The molecule has 1 aromatic heterocycles. The Balaban J connectivity index is 1.39. The lowest BCUT2D eigenvalue weighted by Gasteiger charge is -2.35. The van der Waals surface area contributed by atoms with Gasteiger partial charge in [0.15, 0.2) is 5.78 Å². The van der Waals surface area contributed by atoms with Gasteiger partial charge in [-0.05, 0) is 80.7 Å². The first-order chi connectivity index (χ1) is 14.4. The minimum Gasteiger partial charge on any atom is -0.350 e. The van der Waals surface area contributed by atoms with E-state index in [1.54, 1.807) is 30.5 Å². The van der Waals surface area contributed by atoms with E-state index in [2.05, 4.69) is 11.8 Å². The summed E-state index contributed by atoms with van der Waals surface area (Å²) in [5.74, 6) is -0.311. The highest BCUT2D eigenvalue weighted by atomic mass is 19.1. The topological polar surface area (TPSA) is 25.2 Å². The zero-order valence-electron chi connectivity index (χ0n) is 17.3. The molecule has 1 fully saturated rings. The normalized spacial score (nSPS) is 17.1. The van der Waals surface area contributed by atoms with Gasteiger partial charge in [-0.25, -0.2) is 8.78 Å². The van der Waals surface area contributed by atoms with E-state index in [-0.39, 0.29) is 23.5 Å². The lowest BCUT2D eigenvalue weighted by molar-refractivity contribution is 0.104. The molecule has 1 saturated heterocycles. The summed E-state index contributed by atoms with van der Waals surface area (Å²) in [5, 5.41) is 0.644. The van der Waals surface area contributed by atoms with Gasteiger partial charge < -0.3 is 4.57 Å². The molecule has 1 unspecified atom stereocenters. The molecule has 4 rings (SSSR count). The second-order valence-corrected chi connectivity index (χ2v) is 8.14. The number of aryl methyl sites for hydroxylation is 1. The predicted octanol–water partition coefficient (Wildman–Crippen LogP) is 5.67. The van der Waals surface area contributed by atoms with Crippen LogP contribution >= 0.6 is 0 Å². The SMILES string of the molecule is CC(c1cccc(F)c1)N1CCC(C=CC(=O)c2cn(C)c3ccc(F)cc23)CC1. The highest BCUT2D eigenvalue weighted by Crippen LogP contribution is 2.28. The highest BCUT2D eigenvalue weighted by molar-refractivity contribution is 6.13. The maximum atomic E-state index is 13.6. The first kappa shape index (κ1) is 20.5. The summed E-state index contributed by atoms with van der Waals surface area (Å²) in [4.78, 5) is 15.1. The molecule has 0 bridgehead atoms. The van der Waals surface area contributed by atoms with Crippen molar-refractivity contribution < 1.29 is 13.6 Å². The first-order valence-corrected chi connectivity index (χ1v) is 10.4. The van der Waals surface area contributed by atoms with Crippen LogP contribution in [-0.4, -0.2) is 28.3 Å². The van der Waals surface area contributed by atoms with E-state index < -0.39 is 0 Å². The van der Waals surface area contributed by atoms with Gasteiger partial charge in [0, 0.05) is 35.8 Å². The summed E-state index contributed by atoms with van der Waals surface area (Å²) in [7, 11) is 1.86. The van der Waals surface area contributed by atoms with Gasteiger partial charge in [0.25, 0.3) is 0 Å². The molecule has 156 valence electrons. The molecule has 30 heavy (non-hydrogen) atoms. The summed E-state index contributed by atoms with van der Waals surface area (Å²) >= 11 is 0. The standard InChI is InChI=1S/C25H26F2N2O/c1-17(19-4-3-5-20(26)14-19)29-12-10-18(11-13-29)6-9-25(30)23-16-28(2)24-8-7-21(27)15-22(23)24/h3-9,14-18H,10-13H2,1-2H3. The Morgan fingerprint density at radius 2 is 1.83 bits per heavy atom. The van der Waals surface area contributed by atoms with Crippen LogP contribution in [0, 0.1) is 17.6 Å². The molecule has 3 aromatic rings. The van der Waals surface area contributed by atoms with Gasteiger partial charge in [0.2, 0.25) is 0 Å². The summed E-state index contributed by atoms with van der Waals surface area (Å²) in [6.45, 7) is 3.91. The lowest BCUT2D eigenvalue weighted by Crippen LogP contribution is -2.35. The van der Waals surface area contributed by atoms with E-state index >= 15 is 0 Å². The third kappa shape index (κ3) is 4.21. The Morgan fingerprint density at radius 3 is 2.57 bits per heavy atom. The minimum atomic E-state index is -0.341. The number of nitrogens with zero attached hydrogens (tertiary/aromatic N) is 2. The van der Waals surface area contributed by atoms with Crippen molar-refractivity contribution in [3.8, 4) is 0 Å². The van der Waals surface area contributed by atoms with Crippen molar-refractivity contribution in [1.29, 1.82) is 0 Å². The fourth-order valence-electron chi connectivity index (χ4n) is 4.35. The summed E-state index contributed by atoms with van der Waals surface area (Å²) < 4.78 is 29.0. The highest BCUT2D eigenvalue weighted by Gasteiger charge is 2.23. The number of aromatic nitrogens is 1. The van der Waals surface area contributed by atoms with Crippen molar-refractivity contribution in [2.75, 3.05) is 13.1 Å². The Labute approximate surface area is 175 Å². The molecular formula is C25H26F2N2O. The molecule has 0 aliphatic carbocycles. The maximum Gasteiger partial charge on any atom is 0.187 e. The Hall–Kier alpha value is -2.79. The molecule has 0 spiro atoms. The van der Waals surface area contributed by atoms with E-state index in [0.29, 0.717) is 16.9 Å². The van der Waals surface area contributed by atoms with Gasteiger partial charge in [-0.1, -0.05) is 18.2 Å². The number of halogens is 2. The molecule has 2 heterocycles. The molecule has 1 aliphatic rings. The van der Waals surface area contributed by atoms with E-state index in [9.17, 15) is 13.6 Å². The number of carbonyl (C=O) groups is 1. The van der Waals surface area contributed by atoms with Crippen LogP contribution in [0.15, 0.2) is 60.8 Å². The average molecular weight is 408 g/mol. The van der Waals surface area contributed by atoms with Gasteiger partial charge in [0.05, 0.1) is 0 Å². The van der Waals surface area contributed by atoms with E-state index in [0.717, 1.165) is 37.0 Å². The molecule has 2 aromatic carbocycles.